The second-order valence-corrected chi connectivity index (χ2v) is 6.86. The second kappa shape index (κ2) is 3.56. The third-order valence-corrected chi connectivity index (χ3v) is 5.79. The first-order valence-corrected chi connectivity index (χ1v) is 7.16. The minimum atomic E-state index is -1.06. The normalized spacial score (nSPS) is 35.2. The number of hydrogen-bond donors (Lipinski definition) is 1. The Morgan fingerprint density at radius 3 is 2.63 bits per heavy atom. The van der Waals surface area contributed by atoms with Crippen LogP contribution in [-0.4, -0.2) is 22.5 Å². The molecule has 1 aliphatic heterocycles. The number of esters is 1. The van der Waals surface area contributed by atoms with E-state index >= 15 is 0 Å². The molecule has 0 unspecified atom stereocenters. The summed E-state index contributed by atoms with van der Waals surface area (Å²) in [5, 5.41) is 5.09. The molecule has 1 saturated heterocycles. The Kier molecular flexibility index (Phi) is 2.36. The molecule has 2 heterocycles. The molecule has 0 radical (unpaired) electrons. The molecule has 5 nitrogen and oxygen atoms in total. The molecule has 2 aliphatic rings. The third-order valence-electron chi connectivity index (χ3n) is 5.10. The van der Waals surface area contributed by atoms with Crippen molar-refractivity contribution in [3.05, 3.63) is 11.6 Å². The van der Waals surface area contributed by atoms with E-state index in [1.807, 2.05) is 20.8 Å². The number of amides is 1. The van der Waals surface area contributed by atoms with Crippen LogP contribution in [0.5, 0.6) is 0 Å². The molecule has 3 rings (SSSR count). The molecule has 19 heavy (non-hydrogen) atoms. The minimum Gasteiger partial charge on any atom is -0.448 e. The Morgan fingerprint density at radius 1 is 1.42 bits per heavy atom. The maximum atomic E-state index is 12.6. The molecule has 2 fully saturated rings. The number of thiazole rings is 1. The summed E-state index contributed by atoms with van der Waals surface area (Å²) in [5.41, 5.74) is -2.16. The summed E-state index contributed by atoms with van der Waals surface area (Å²) in [6.45, 7) is 5.76. The van der Waals surface area contributed by atoms with Crippen molar-refractivity contribution in [1.82, 2.24) is 4.98 Å². The number of nitrogens with zero attached hydrogens (tertiary/aromatic N) is 1. The first kappa shape index (κ1) is 12.6. The lowest BCUT2D eigenvalue weighted by Gasteiger charge is -2.35. The summed E-state index contributed by atoms with van der Waals surface area (Å²) in [4.78, 5) is 28.7. The third kappa shape index (κ3) is 1.32. The Hall–Kier alpha value is -1.43. The number of anilines is 1. The van der Waals surface area contributed by atoms with Crippen LogP contribution in [0.25, 0.3) is 0 Å². The van der Waals surface area contributed by atoms with Gasteiger partial charge in [-0.3, -0.25) is 14.9 Å². The SMILES string of the molecule is CC1(C)[C@]2(C)CC[C@]1(C(=O)Nc1nccs1)OC2=O. The van der Waals surface area contributed by atoms with Crippen LogP contribution in [0.15, 0.2) is 11.6 Å². The highest BCUT2D eigenvalue weighted by Gasteiger charge is 2.75. The molecular formula is C13H16N2O3S. The summed E-state index contributed by atoms with van der Waals surface area (Å²) in [5.74, 6) is -0.528. The van der Waals surface area contributed by atoms with Gasteiger partial charge in [-0.1, -0.05) is 13.8 Å². The van der Waals surface area contributed by atoms with E-state index < -0.39 is 16.4 Å². The molecule has 6 heteroatoms. The van der Waals surface area contributed by atoms with E-state index in [-0.39, 0.29) is 11.9 Å². The van der Waals surface area contributed by atoms with Crippen molar-refractivity contribution in [3.8, 4) is 0 Å². The fourth-order valence-corrected chi connectivity index (χ4v) is 3.75. The van der Waals surface area contributed by atoms with E-state index in [0.29, 0.717) is 18.0 Å². The highest BCUT2D eigenvalue weighted by Crippen LogP contribution is 2.65. The van der Waals surface area contributed by atoms with Gasteiger partial charge < -0.3 is 4.74 Å². The van der Waals surface area contributed by atoms with E-state index in [1.165, 1.54) is 11.3 Å². The van der Waals surface area contributed by atoms with Gasteiger partial charge in [0.15, 0.2) is 10.7 Å². The lowest BCUT2D eigenvalue weighted by Crippen LogP contribution is -2.50. The van der Waals surface area contributed by atoms with Gasteiger partial charge in [-0.05, 0) is 19.8 Å². The first-order valence-electron chi connectivity index (χ1n) is 6.28. The van der Waals surface area contributed by atoms with Gasteiger partial charge in [-0.15, -0.1) is 11.3 Å². The van der Waals surface area contributed by atoms with Crippen LogP contribution in [-0.2, 0) is 14.3 Å². The van der Waals surface area contributed by atoms with Crippen molar-refractivity contribution < 1.29 is 14.3 Å². The molecule has 0 spiro atoms. The summed E-state index contributed by atoms with van der Waals surface area (Å²) in [6.07, 6.45) is 2.88. The zero-order chi connectivity index (χ0) is 13.9. The predicted molar refractivity (Wildman–Crippen MR) is 70.7 cm³/mol. The van der Waals surface area contributed by atoms with E-state index in [4.69, 9.17) is 4.74 Å². The summed E-state index contributed by atoms with van der Waals surface area (Å²) >= 11 is 1.35. The van der Waals surface area contributed by atoms with Gasteiger partial charge in [-0.25, -0.2) is 4.98 Å². The monoisotopic (exact) mass is 280 g/mol. The van der Waals surface area contributed by atoms with Crippen molar-refractivity contribution in [2.75, 3.05) is 5.32 Å². The van der Waals surface area contributed by atoms with E-state index in [2.05, 4.69) is 10.3 Å². The summed E-state index contributed by atoms with van der Waals surface area (Å²) < 4.78 is 5.50. The van der Waals surface area contributed by atoms with Gasteiger partial charge in [0.1, 0.15) is 0 Å². The van der Waals surface area contributed by atoms with Gasteiger partial charge >= 0.3 is 5.97 Å². The zero-order valence-corrected chi connectivity index (χ0v) is 12.0. The Balaban J connectivity index is 1.96. The summed E-state index contributed by atoms with van der Waals surface area (Å²) in [7, 11) is 0. The number of hydrogen-bond acceptors (Lipinski definition) is 5. The highest BCUT2D eigenvalue weighted by atomic mass is 32.1. The van der Waals surface area contributed by atoms with Crippen molar-refractivity contribution in [1.29, 1.82) is 0 Å². The lowest BCUT2D eigenvalue weighted by molar-refractivity contribution is -0.165. The topological polar surface area (TPSA) is 68.3 Å². The number of rotatable bonds is 2. The molecule has 2 bridgehead atoms. The minimum absolute atomic E-state index is 0.262. The van der Waals surface area contributed by atoms with Gasteiger partial charge in [0, 0.05) is 17.0 Å². The van der Waals surface area contributed by atoms with Crippen LogP contribution in [0.4, 0.5) is 5.13 Å². The molecule has 1 aliphatic carbocycles. The number of fused-ring (bicyclic) bond motifs is 2. The van der Waals surface area contributed by atoms with Gasteiger partial charge in [0.2, 0.25) is 0 Å². The molecule has 1 aromatic heterocycles. The molecule has 102 valence electrons. The maximum Gasteiger partial charge on any atom is 0.313 e. The predicted octanol–water partition coefficient (Wildman–Crippen LogP) is 2.20. The number of carbonyl (C=O) groups is 2. The quantitative estimate of drug-likeness (QED) is 0.843. The smallest absolute Gasteiger partial charge is 0.313 e. The Labute approximate surface area is 115 Å². The van der Waals surface area contributed by atoms with Crippen molar-refractivity contribution in [3.63, 3.8) is 0 Å². The van der Waals surface area contributed by atoms with E-state index in [9.17, 15) is 9.59 Å². The standard InChI is InChI=1S/C13H16N2O3S/c1-11(2)12(3)4-5-13(11,18-9(12)17)8(16)15-10-14-6-7-19-10/h6-7H,4-5H2,1-3H3,(H,14,15,16)/t12-,13-/m1/s1. The van der Waals surface area contributed by atoms with Crippen LogP contribution < -0.4 is 5.32 Å². The van der Waals surface area contributed by atoms with E-state index in [0.717, 1.165) is 0 Å². The number of nitrogens with one attached hydrogen (secondary N) is 1. The fourth-order valence-electron chi connectivity index (χ4n) is 3.23. The van der Waals surface area contributed by atoms with Crippen molar-refractivity contribution >= 4 is 28.3 Å². The fraction of sp³-hybridized carbons (Fsp3) is 0.615. The van der Waals surface area contributed by atoms with E-state index in [1.54, 1.807) is 11.6 Å². The van der Waals surface area contributed by atoms with Crippen molar-refractivity contribution in [2.45, 2.75) is 39.2 Å². The Morgan fingerprint density at radius 2 is 2.16 bits per heavy atom. The van der Waals surface area contributed by atoms with Crippen LogP contribution in [0.3, 0.4) is 0 Å². The molecule has 1 N–H and O–H groups in total. The largest absolute Gasteiger partial charge is 0.448 e. The number of carbonyl (C=O) groups excluding carboxylic acids is 2. The van der Waals surface area contributed by atoms with Crippen LogP contribution in [0, 0.1) is 10.8 Å². The average Bonchev–Trinajstić information content (AvgIpc) is 2.94. The van der Waals surface area contributed by atoms with Crippen LogP contribution in [0.2, 0.25) is 0 Å². The molecule has 1 saturated carbocycles. The summed E-state index contributed by atoms with van der Waals surface area (Å²) in [6, 6.07) is 0. The highest BCUT2D eigenvalue weighted by molar-refractivity contribution is 7.13. The molecule has 0 aromatic carbocycles. The Bertz CT molecular complexity index is 554. The molecule has 1 amide bonds. The average molecular weight is 280 g/mol. The zero-order valence-electron chi connectivity index (χ0n) is 11.1. The maximum absolute atomic E-state index is 12.6. The van der Waals surface area contributed by atoms with Crippen LogP contribution >= 0.6 is 11.3 Å². The molecule has 2 atom stereocenters. The lowest BCUT2D eigenvalue weighted by atomic mass is 9.66. The number of ether oxygens (including phenoxy) is 1. The number of aromatic nitrogens is 1. The van der Waals surface area contributed by atoms with Crippen molar-refractivity contribution in [2.24, 2.45) is 10.8 Å². The van der Waals surface area contributed by atoms with Gasteiger partial charge in [0.25, 0.3) is 5.91 Å². The van der Waals surface area contributed by atoms with Crippen LogP contribution in [0.1, 0.15) is 33.6 Å². The molecule has 1 aromatic rings. The van der Waals surface area contributed by atoms with Gasteiger partial charge in [-0.2, -0.15) is 0 Å². The second-order valence-electron chi connectivity index (χ2n) is 5.97. The van der Waals surface area contributed by atoms with Gasteiger partial charge in [0.05, 0.1) is 5.41 Å². The first-order chi connectivity index (χ1) is 8.83. The molecular weight excluding hydrogens is 264 g/mol.